The quantitative estimate of drug-likeness (QED) is 0.376. The Bertz CT molecular complexity index is 813. The molecule has 31 heavy (non-hydrogen) atoms. The molecule has 2 aliphatic carbocycles. The summed E-state index contributed by atoms with van der Waals surface area (Å²) in [6.45, 7) is 15.3. The normalized spacial score (nSPS) is 43.2. The molecule has 0 N–H and O–H groups in total. The van der Waals surface area contributed by atoms with Crippen molar-refractivity contribution >= 4 is 11.9 Å². The van der Waals surface area contributed by atoms with E-state index in [0.717, 1.165) is 25.7 Å². The molecule has 6 nitrogen and oxygen atoms in total. The second-order valence-electron chi connectivity index (χ2n) is 10.7. The van der Waals surface area contributed by atoms with E-state index in [9.17, 15) is 9.59 Å². The molecule has 6 heteroatoms. The standard InChI is InChI=1S/C25H36O6/c1-15-7-10-20-24(5,12-11-21-25(20,6)14-29-23(3,4)31-21)18(15)9-8-17-19(30-16(2)26)13-28-22(17)27/h8,18-21H,1,7,9-14H2,2-6H3/b17-8+/t18-,19-,20+,21-,24-,25+/m1/s1. The van der Waals surface area contributed by atoms with Gasteiger partial charge in [0.1, 0.15) is 6.61 Å². The number of allylic oxidation sites excluding steroid dienone is 2. The van der Waals surface area contributed by atoms with Crippen LogP contribution in [0.5, 0.6) is 0 Å². The van der Waals surface area contributed by atoms with Crippen molar-refractivity contribution in [3.8, 4) is 0 Å². The zero-order valence-corrected chi connectivity index (χ0v) is 19.5. The fourth-order valence-corrected chi connectivity index (χ4v) is 6.71. The Hall–Kier alpha value is -1.66. The molecule has 4 aliphatic rings. The van der Waals surface area contributed by atoms with Crippen LogP contribution in [0.25, 0.3) is 0 Å². The van der Waals surface area contributed by atoms with Gasteiger partial charge in [0.2, 0.25) is 0 Å². The van der Waals surface area contributed by atoms with E-state index < -0.39 is 17.9 Å². The SMILES string of the molecule is C=C1CC[C@H]2[C@](C)(CC[C@H]3OC(C)(C)OC[C@@]23C)[C@@H]1C/C=C1/C(=O)OC[C@H]1OC(C)=O. The van der Waals surface area contributed by atoms with Gasteiger partial charge < -0.3 is 18.9 Å². The zero-order valence-electron chi connectivity index (χ0n) is 19.5. The number of hydrogen-bond acceptors (Lipinski definition) is 6. The number of cyclic esters (lactones) is 1. The molecular formula is C25H36O6. The molecule has 0 radical (unpaired) electrons. The van der Waals surface area contributed by atoms with Crippen LogP contribution in [0.1, 0.15) is 66.7 Å². The van der Waals surface area contributed by atoms with Crippen molar-refractivity contribution in [2.45, 2.75) is 84.7 Å². The Morgan fingerprint density at radius 3 is 2.68 bits per heavy atom. The lowest BCUT2D eigenvalue weighted by atomic mass is 9.46. The Balaban J connectivity index is 1.59. The molecule has 2 heterocycles. The van der Waals surface area contributed by atoms with Gasteiger partial charge in [0, 0.05) is 12.3 Å². The summed E-state index contributed by atoms with van der Waals surface area (Å²) in [4.78, 5) is 23.7. The topological polar surface area (TPSA) is 71.1 Å². The summed E-state index contributed by atoms with van der Waals surface area (Å²) in [6, 6.07) is 0. The van der Waals surface area contributed by atoms with E-state index in [1.54, 1.807) is 0 Å². The summed E-state index contributed by atoms with van der Waals surface area (Å²) in [5, 5.41) is 0. The predicted molar refractivity (Wildman–Crippen MR) is 115 cm³/mol. The fraction of sp³-hybridized carbons (Fsp3) is 0.760. The minimum Gasteiger partial charge on any atom is -0.458 e. The van der Waals surface area contributed by atoms with Gasteiger partial charge >= 0.3 is 11.9 Å². The highest BCUT2D eigenvalue weighted by atomic mass is 16.7. The molecule has 0 aromatic carbocycles. The molecule has 2 aliphatic heterocycles. The monoisotopic (exact) mass is 432 g/mol. The molecular weight excluding hydrogens is 396 g/mol. The second-order valence-corrected chi connectivity index (χ2v) is 10.7. The number of carbonyl (C=O) groups is 2. The van der Waals surface area contributed by atoms with Gasteiger partial charge in [-0.15, -0.1) is 0 Å². The molecule has 2 saturated heterocycles. The predicted octanol–water partition coefficient (Wildman–Crippen LogP) is 4.33. The molecule has 0 aromatic heterocycles. The molecule has 2 saturated carbocycles. The van der Waals surface area contributed by atoms with Crippen LogP contribution in [0.2, 0.25) is 0 Å². The molecule has 0 unspecified atom stereocenters. The van der Waals surface area contributed by atoms with Gasteiger partial charge in [0.15, 0.2) is 11.9 Å². The Kier molecular flexibility index (Phi) is 5.62. The van der Waals surface area contributed by atoms with Crippen LogP contribution in [0.3, 0.4) is 0 Å². The van der Waals surface area contributed by atoms with Crippen LogP contribution in [0, 0.1) is 22.7 Å². The van der Waals surface area contributed by atoms with Crippen LogP contribution in [-0.2, 0) is 28.5 Å². The lowest BCUT2D eigenvalue weighted by Crippen LogP contribution is -2.62. The molecule has 6 atom stereocenters. The average molecular weight is 433 g/mol. The number of hydrogen-bond donors (Lipinski definition) is 0. The molecule has 0 amide bonds. The van der Waals surface area contributed by atoms with Crippen molar-refractivity contribution in [1.29, 1.82) is 0 Å². The summed E-state index contributed by atoms with van der Waals surface area (Å²) < 4.78 is 22.9. The van der Waals surface area contributed by atoms with Crippen LogP contribution in [-0.4, -0.2) is 43.1 Å². The van der Waals surface area contributed by atoms with E-state index in [1.165, 1.54) is 12.5 Å². The average Bonchev–Trinajstić information content (AvgIpc) is 3.01. The van der Waals surface area contributed by atoms with Crippen molar-refractivity contribution in [1.82, 2.24) is 0 Å². The van der Waals surface area contributed by atoms with Crippen LogP contribution < -0.4 is 0 Å². The summed E-state index contributed by atoms with van der Waals surface area (Å²) in [6.07, 6.45) is 6.31. The number of ether oxygens (including phenoxy) is 4. The lowest BCUT2D eigenvalue weighted by molar-refractivity contribution is -0.344. The van der Waals surface area contributed by atoms with Gasteiger partial charge in [0.25, 0.3) is 0 Å². The van der Waals surface area contributed by atoms with Crippen molar-refractivity contribution < 1.29 is 28.5 Å². The third kappa shape index (κ3) is 3.86. The van der Waals surface area contributed by atoms with Crippen molar-refractivity contribution in [3.05, 3.63) is 23.8 Å². The highest BCUT2D eigenvalue weighted by Crippen LogP contribution is 2.63. The van der Waals surface area contributed by atoms with Gasteiger partial charge in [-0.25, -0.2) is 4.79 Å². The van der Waals surface area contributed by atoms with E-state index in [0.29, 0.717) is 24.5 Å². The Morgan fingerprint density at radius 2 is 1.97 bits per heavy atom. The second kappa shape index (κ2) is 7.73. The first-order valence-corrected chi connectivity index (χ1v) is 11.5. The maximum atomic E-state index is 12.2. The molecule has 172 valence electrons. The molecule has 0 aromatic rings. The van der Waals surface area contributed by atoms with Gasteiger partial charge in [-0.05, 0) is 63.2 Å². The van der Waals surface area contributed by atoms with Crippen molar-refractivity contribution in [2.24, 2.45) is 22.7 Å². The van der Waals surface area contributed by atoms with Crippen molar-refractivity contribution in [2.75, 3.05) is 13.2 Å². The molecule has 0 spiro atoms. The van der Waals surface area contributed by atoms with E-state index in [1.807, 2.05) is 19.9 Å². The lowest BCUT2D eigenvalue weighted by Gasteiger charge is -2.63. The summed E-state index contributed by atoms with van der Waals surface area (Å²) in [7, 11) is 0. The van der Waals surface area contributed by atoms with Crippen molar-refractivity contribution in [3.63, 3.8) is 0 Å². The number of rotatable bonds is 3. The van der Waals surface area contributed by atoms with Crippen LogP contribution in [0.15, 0.2) is 23.8 Å². The maximum Gasteiger partial charge on any atom is 0.337 e. The third-order valence-electron chi connectivity index (χ3n) is 8.30. The minimum atomic E-state index is -0.610. The maximum absolute atomic E-state index is 12.2. The first-order chi connectivity index (χ1) is 14.5. The van der Waals surface area contributed by atoms with E-state index in [-0.39, 0.29) is 35.4 Å². The number of fused-ring (bicyclic) bond motifs is 3. The largest absolute Gasteiger partial charge is 0.458 e. The van der Waals surface area contributed by atoms with Gasteiger partial charge in [-0.1, -0.05) is 32.1 Å². The first-order valence-electron chi connectivity index (χ1n) is 11.5. The highest BCUT2D eigenvalue weighted by Gasteiger charge is 2.60. The van der Waals surface area contributed by atoms with Gasteiger partial charge in [0.05, 0.1) is 18.3 Å². The molecule has 4 fully saturated rings. The van der Waals surface area contributed by atoms with Crippen LogP contribution >= 0.6 is 0 Å². The zero-order chi connectivity index (χ0) is 22.6. The fourth-order valence-electron chi connectivity index (χ4n) is 6.71. The number of carbonyl (C=O) groups excluding carboxylic acids is 2. The summed E-state index contributed by atoms with van der Waals surface area (Å²) in [5.74, 6) is -0.633. The van der Waals surface area contributed by atoms with Gasteiger partial charge in [-0.2, -0.15) is 0 Å². The third-order valence-corrected chi connectivity index (χ3v) is 8.30. The minimum absolute atomic E-state index is 0.0405. The molecule has 0 bridgehead atoms. The van der Waals surface area contributed by atoms with E-state index in [2.05, 4.69) is 20.4 Å². The Labute approximate surface area is 185 Å². The van der Waals surface area contributed by atoms with Gasteiger partial charge in [-0.3, -0.25) is 4.79 Å². The van der Waals surface area contributed by atoms with E-state index >= 15 is 0 Å². The smallest absolute Gasteiger partial charge is 0.337 e. The van der Waals surface area contributed by atoms with Crippen LogP contribution in [0.4, 0.5) is 0 Å². The highest BCUT2D eigenvalue weighted by molar-refractivity contribution is 5.92. The summed E-state index contributed by atoms with van der Waals surface area (Å²) >= 11 is 0. The Morgan fingerprint density at radius 1 is 1.23 bits per heavy atom. The summed E-state index contributed by atoms with van der Waals surface area (Å²) in [5.41, 5.74) is 1.71. The first kappa shape index (κ1) is 22.5. The molecule has 4 rings (SSSR count). The number of esters is 2. The van der Waals surface area contributed by atoms with E-state index in [4.69, 9.17) is 18.9 Å².